The molecule has 2 rings (SSSR count). The molecule has 0 heterocycles. The summed E-state index contributed by atoms with van der Waals surface area (Å²) in [7, 11) is 3.68. The van der Waals surface area contributed by atoms with E-state index in [1.54, 1.807) is 42.3 Å². The van der Waals surface area contributed by atoms with Crippen molar-refractivity contribution in [3.63, 3.8) is 0 Å². The van der Waals surface area contributed by atoms with Crippen LogP contribution in [0.4, 0.5) is 0 Å². The van der Waals surface area contributed by atoms with Crippen molar-refractivity contribution in [3.8, 4) is 11.5 Å². The number of nitrogens with zero attached hydrogens (tertiary/aromatic N) is 1. The van der Waals surface area contributed by atoms with Gasteiger partial charge in [-0.25, -0.2) is 0 Å². The number of carbonyl (C=O) groups is 2. The first kappa shape index (κ1) is 20.2. The fourth-order valence-corrected chi connectivity index (χ4v) is 2.50. The molecule has 142 valence electrons. The second-order valence-corrected chi connectivity index (χ2v) is 6.19. The predicted octanol–water partition coefficient (Wildman–Crippen LogP) is 4.45. The molecule has 27 heavy (non-hydrogen) atoms. The van der Waals surface area contributed by atoms with Crippen molar-refractivity contribution in [3.05, 3.63) is 71.9 Å². The van der Waals surface area contributed by atoms with Gasteiger partial charge in [-0.1, -0.05) is 18.2 Å². The number of allylic oxidation sites excluding steroid dienone is 1. The maximum Gasteiger partial charge on any atom is 0.306 e. The van der Waals surface area contributed by atoms with Gasteiger partial charge in [-0.3, -0.25) is 9.59 Å². The summed E-state index contributed by atoms with van der Waals surface area (Å²) >= 11 is 0. The highest BCUT2D eigenvalue weighted by Crippen LogP contribution is 2.23. The minimum Gasteiger partial charge on any atom is -0.466 e. The lowest BCUT2D eigenvalue weighted by molar-refractivity contribution is -0.143. The first-order valence-corrected chi connectivity index (χ1v) is 8.90. The zero-order valence-corrected chi connectivity index (χ0v) is 16.0. The van der Waals surface area contributed by atoms with Crippen molar-refractivity contribution in [2.75, 3.05) is 20.7 Å². The topological polar surface area (TPSA) is 55.8 Å². The van der Waals surface area contributed by atoms with E-state index in [0.29, 0.717) is 29.9 Å². The van der Waals surface area contributed by atoms with Gasteiger partial charge in [-0.05, 0) is 49.7 Å². The van der Waals surface area contributed by atoms with Crippen molar-refractivity contribution in [2.24, 2.45) is 0 Å². The molecule has 0 fully saturated rings. The fourth-order valence-electron chi connectivity index (χ4n) is 2.50. The number of ketones is 1. The second-order valence-electron chi connectivity index (χ2n) is 6.19. The maximum atomic E-state index is 12.8. The van der Waals surface area contributed by atoms with E-state index in [1.165, 1.54) is 0 Å². The SMILES string of the molecule is CCOC(=O)CCC(=CN(C)C)C(=O)c1ccc(Oc2ccccc2)cc1. The molecule has 0 bridgehead atoms. The number of hydrogen-bond donors (Lipinski definition) is 0. The zero-order chi connectivity index (χ0) is 19.6. The van der Waals surface area contributed by atoms with Crippen LogP contribution in [0.3, 0.4) is 0 Å². The maximum absolute atomic E-state index is 12.8. The van der Waals surface area contributed by atoms with Gasteiger partial charge >= 0.3 is 5.97 Å². The Bertz CT molecular complexity index is 780. The van der Waals surface area contributed by atoms with Crippen LogP contribution in [0.2, 0.25) is 0 Å². The molecule has 0 aliphatic heterocycles. The molecule has 0 radical (unpaired) electrons. The van der Waals surface area contributed by atoms with Crippen LogP contribution in [-0.2, 0) is 9.53 Å². The third-order valence-electron chi connectivity index (χ3n) is 3.70. The van der Waals surface area contributed by atoms with Gasteiger partial charge in [0, 0.05) is 37.9 Å². The number of carbonyl (C=O) groups excluding carboxylic acids is 2. The quantitative estimate of drug-likeness (QED) is 0.372. The molecule has 0 spiro atoms. The summed E-state index contributed by atoms with van der Waals surface area (Å²) in [4.78, 5) is 26.2. The molecule has 0 atom stereocenters. The van der Waals surface area contributed by atoms with Gasteiger partial charge in [0.1, 0.15) is 11.5 Å². The van der Waals surface area contributed by atoms with Gasteiger partial charge < -0.3 is 14.4 Å². The molecule has 0 saturated heterocycles. The van der Waals surface area contributed by atoms with Crippen molar-refractivity contribution in [1.82, 2.24) is 4.90 Å². The number of benzene rings is 2. The third-order valence-corrected chi connectivity index (χ3v) is 3.70. The van der Waals surface area contributed by atoms with Crippen molar-refractivity contribution < 1.29 is 19.1 Å². The minimum absolute atomic E-state index is 0.112. The van der Waals surface area contributed by atoms with E-state index >= 15 is 0 Å². The zero-order valence-electron chi connectivity index (χ0n) is 16.0. The molecule has 0 aliphatic carbocycles. The molecule has 5 nitrogen and oxygen atoms in total. The highest BCUT2D eigenvalue weighted by atomic mass is 16.5. The average Bonchev–Trinajstić information content (AvgIpc) is 2.66. The molecule has 0 aliphatic rings. The standard InChI is InChI=1S/C22H25NO4/c1-4-26-21(24)15-12-18(16-23(2)3)22(25)17-10-13-20(14-11-17)27-19-8-6-5-7-9-19/h5-11,13-14,16H,4,12,15H2,1-3H3. The summed E-state index contributed by atoms with van der Waals surface area (Å²) in [5.74, 6) is 0.974. The van der Waals surface area contributed by atoms with Crippen molar-refractivity contribution in [1.29, 1.82) is 0 Å². The van der Waals surface area contributed by atoms with Gasteiger partial charge in [-0.15, -0.1) is 0 Å². The van der Waals surface area contributed by atoms with Gasteiger partial charge in [0.25, 0.3) is 0 Å². The number of Topliss-reactive ketones (excluding diaryl/α,β-unsaturated/α-hetero) is 1. The third kappa shape index (κ3) is 6.62. The smallest absolute Gasteiger partial charge is 0.306 e. The summed E-state index contributed by atoms with van der Waals surface area (Å²) < 4.78 is 10.7. The monoisotopic (exact) mass is 367 g/mol. The Morgan fingerprint density at radius 1 is 0.926 bits per heavy atom. The molecular weight excluding hydrogens is 342 g/mol. The largest absolute Gasteiger partial charge is 0.466 e. The second kappa shape index (κ2) is 10.2. The molecule has 0 N–H and O–H groups in total. The van der Waals surface area contributed by atoms with E-state index in [4.69, 9.17) is 9.47 Å². The van der Waals surface area contributed by atoms with E-state index in [9.17, 15) is 9.59 Å². The lowest BCUT2D eigenvalue weighted by Gasteiger charge is -2.12. The molecule has 5 heteroatoms. The summed E-state index contributed by atoms with van der Waals surface area (Å²) in [5, 5.41) is 0. The highest BCUT2D eigenvalue weighted by molar-refractivity contribution is 6.08. The molecule has 0 amide bonds. The first-order valence-electron chi connectivity index (χ1n) is 8.90. The van der Waals surface area contributed by atoms with Crippen LogP contribution >= 0.6 is 0 Å². The van der Waals surface area contributed by atoms with E-state index in [-0.39, 0.29) is 18.2 Å². The minimum atomic E-state index is -0.304. The van der Waals surface area contributed by atoms with Crippen LogP contribution in [0.25, 0.3) is 0 Å². The Morgan fingerprint density at radius 3 is 2.15 bits per heavy atom. The Hall–Kier alpha value is -3.08. The Kier molecular flexibility index (Phi) is 7.62. The van der Waals surface area contributed by atoms with Crippen LogP contribution in [0.1, 0.15) is 30.1 Å². The molecule has 2 aromatic rings. The lowest BCUT2D eigenvalue weighted by Crippen LogP contribution is -2.12. The summed E-state index contributed by atoms with van der Waals surface area (Å²) in [6.07, 6.45) is 2.25. The summed E-state index contributed by atoms with van der Waals surface area (Å²) in [6.45, 7) is 2.10. The van der Waals surface area contributed by atoms with E-state index in [2.05, 4.69) is 0 Å². The Labute approximate surface area is 160 Å². The van der Waals surface area contributed by atoms with Crippen LogP contribution in [0, 0.1) is 0 Å². The van der Waals surface area contributed by atoms with Crippen molar-refractivity contribution in [2.45, 2.75) is 19.8 Å². The van der Waals surface area contributed by atoms with E-state index < -0.39 is 0 Å². The first-order chi connectivity index (χ1) is 13.0. The Morgan fingerprint density at radius 2 is 1.56 bits per heavy atom. The molecular formula is C22H25NO4. The number of rotatable bonds is 9. The molecule has 0 unspecified atom stereocenters. The van der Waals surface area contributed by atoms with Gasteiger partial charge in [-0.2, -0.15) is 0 Å². The van der Waals surface area contributed by atoms with Crippen LogP contribution in [0.15, 0.2) is 66.4 Å². The van der Waals surface area contributed by atoms with Crippen LogP contribution < -0.4 is 4.74 Å². The number of para-hydroxylation sites is 1. The van der Waals surface area contributed by atoms with Gasteiger partial charge in [0.2, 0.25) is 0 Å². The van der Waals surface area contributed by atoms with Gasteiger partial charge in [0.15, 0.2) is 5.78 Å². The number of hydrogen-bond acceptors (Lipinski definition) is 5. The van der Waals surface area contributed by atoms with Crippen LogP contribution in [-0.4, -0.2) is 37.4 Å². The molecule has 0 aromatic heterocycles. The number of esters is 1. The lowest BCUT2D eigenvalue weighted by atomic mass is 10.00. The highest BCUT2D eigenvalue weighted by Gasteiger charge is 2.15. The predicted molar refractivity (Wildman–Crippen MR) is 105 cm³/mol. The van der Waals surface area contributed by atoms with E-state index in [0.717, 1.165) is 5.75 Å². The Balaban J connectivity index is 2.09. The number of ether oxygens (including phenoxy) is 2. The average molecular weight is 367 g/mol. The van der Waals surface area contributed by atoms with E-state index in [1.807, 2.05) is 44.4 Å². The normalized spacial score (nSPS) is 11.0. The molecule has 0 saturated carbocycles. The fraction of sp³-hybridized carbons (Fsp3) is 0.273. The van der Waals surface area contributed by atoms with Gasteiger partial charge in [0.05, 0.1) is 6.61 Å². The molecule has 2 aromatic carbocycles. The summed E-state index contributed by atoms with van der Waals surface area (Å²) in [5.41, 5.74) is 1.11. The van der Waals surface area contributed by atoms with Crippen LogP contribution in [0.5, 0.6) is 11.5 Å². The van der Waals surface area contributed by atoms with Crippen molar-refractivity contribution >= 4 is 11.8 Å². The summed E-state index contributed by atoms with van der Waals surface area (Å²) in [6, 6.07) is 16.4.